The number of nitrogens with zero attached hydrogens (tertiary/aromatic N) is 3. The summed E-state index contributed by atoms with van der Waals surface area (Å²) in [5, 5.41) is 18.0. The molecule has 0 unspecified atom stereocenters. The summed E-state index contributed by atoms with van der Waals surface area (Å²) in [7, 11) is 1.74. The molecule has 0 bridgehead atoms. The molecule has 0 aliphatic carbocycles. The highest BCUT2D eigenvalue weighted by molar-refractivity contribution is 6.31. The number of carbonyl (C=O) groups is 2. The Balaban J connectivity index is 2.15. The minimum Gasteiger partial charge on any atom is -0.449 e. The van der Waals surface area contributed by atoms with Gasteiger partial charge in [-0.1, -0.05) is 11.6 Å². The summed E-state index contributed by atoms with van der Waals surface area (Å²) >= 11 is 5.79. The number of nitro benzene ring substituents is 1. The highest BCUT2D eigenvalue weighted by Gasteiger charge is 2.26. The van der Waals surface area contributed by atoms with E-state index in [0.29, 0.717) is 11.4 Å². The molecule has 0 spiro atoms. The molecule has 0 saturated carbocycles. The molecule has 2 aromatic rings. The summed E-state index contributed by atoms with van der Waals surface area (Å²) in [6, 6.07) is 3.52. The lowest BCUT2D eigenvalue weighted by molar-refractivity contribution is -0.385. The van der Waals surface area contributed by atoms with E-state index >= 15 is 0 Å². The van der Waals surface area contributed by atoms with Gasteiger partial charge in [0.25, 0.3) is 11.6 Å². The van der Waals surface area contributed by atoms with Crippen molar-refractivity contribution < 1.29 is 19.2 Å². The van der Waals surface area contributed by atoms with Gasteiger partial charge in [0.1, 0.15) is 5.56 Å². The van der Waals surface area contributed by atoms with Crippen molar-refractivity contribution in [1.82, 2.24) is 9.78 Å². The molecule has 10 heteroatoms. The van der Waals surface area contributed by atoms with Gasteiger partial charge in [0, 0.05) is 18.1 Å². The zero-order chi connectivity index (χ0) is 19.6. The summed E-state index contributed by atoms with van der Waals surface area (Å²) in [6.07, 6.45) is -1.18. The first-order valence-electron chi connectivity index (χ1n) is 7.57. The van der Waals surface area contributed by atoms with E-state index in [1.54, 1.807) is 25.6 Å². The normalized spacial score (nSPS) is 11.7. The predicted molar refractivity (Wildman–Crippen MR) is 94.3 cm³/mol. The summed E-state index contributed by atoms with van der Waals surface area (Å²) < 4.78 is 6.67. The van der Waals surface area contributed by atoms with Crippen molar-refractivity contribution in [2.75, 3.05) is 5.32 Å². The Morgan fingerprint density at radius 2 is 2.04 bits per heavy atom. The number of amides is 1. The Kier molecular flexibility index (Phi) is 5.61. The van der Waals surface area contributed by atoms with Gasteiger partial charge < -0.3 is 10.1 Å². The fraction of sp³-hybridized carbons (Fsp3) is 0.312. The zero-order valence-corrected chi connectivity index (χ0v) is 15.3. The van der Waals surface area contributed by atoms with E-state index in [1.807, 2.05) is 0 Å². The van der Waals surface area contributed by atoms with Crippen molar-refractivity contribution in [1.29, 1.82) is 0 Å². The van der Waals surface area contributed by atoms with Gasteiger partial charge in [-0.15, -0.1) is 0 Å². The molecule has 2 rings (SSSR count). The Labute approximate surface area is 154 Å². The number of hydrogen-bond acceptors (Lipinski definition) is 6. The average Bonchev–Trinajstić information content (AvgIpc) is 2.80. The van der Waals surface area contributed by atoms with Crippen LogP contribution in [0.2, 0.25) is 5.02 Å². The first-order valence-corrected chi connectivity index (χ1v) is 7.95. The molecule has 1 amide bonds. The Hall–Kier alpha value is -2.94. The van der Waals surface area contributed by atoms with Gasteiger partial charge in [-0.05, 0) is 32.9 Å². The second kappa shape index (κ2) is 7.52. The first-order chi connectivity index (χ1) is 12.1. The lowest BCUT2D eigenvalue weighted by Gasteiger charge is -2.14. The smallest absolute Gasteiger partial charge is 0.345 e. The molecule has 0 radical (unpaired) electrons. The number of halogens is 1. The second-order valence-electron chi connectivity index (χ2n) is 5.62. The van der Waals surface area contributed by atoms with Crippen molar-refractivity contribution in [2.45, 2.75) is 26.9 Å². The van der Waals surface area contributed by atoms with Gasteiger partial charge in [0.15, 0.2) is 6.10 Å². The molecule has 9 nitrogen and oxygen atoms in total. The molecule has 1 N–H and O–H groups in total. The molecule has 1 aromatic carbocycles. The third-order valence-corrected chi connectivity index (χ3v) is 4.02. The fourth-order valence-electron chi connectivity index (χ4n) is 2.29. The van der Waals surface area contributed by atoms with Crippen molar-refractivity contribution >= 4 is 34.9 Å². The van der Waals surface area contributed by atoms with Gasteiger partial charge in [-0.2, -0.15) is 5.10 Å². The molecule has 0 aliphatic rings. The number of aromatic nitrogens is 2. The molecule has 0 saturated heterocycles. The first kappa shape index (κ1) is 19.4. The minimum atomic E-state index is -1.18. The standard InChI is InChI=1S/C16H17ClN4O5/c1-8-14(9(2)20(4)19-8)18-15(22)10(3)26-16(23)12-7-11(17)5-6-13(12)21(24)25/h5-7,10H,1-4H3,(H,18,22)/t10-/m0/s1. The third kappa shape index (κ3) is 3.99. The van der Waals surface area contributed by atoms with E-state index in [4.69, 9.17) is 16.3 Å². The van der Waals surface area contributed by atoms with Crippen molar-refractivity contribution in [2.24, 2.45) is 7.05 Å². The van der Waals surface area contributed by atoms with Crippen molar-refractivity contribution in [3.8, 4) is 0 Å². The molecular weight excluding hydrogens is 364 g/mol. The SMILES string of the molecule is Cc1nn(C)c(C)c1NC(=O)[C@H](C)OC(=O)c1cc(Cl)ccc1[N+](=O)[O-]. The highest BCUT2D eigenvalue weighted by Crippen LogP contribution is 2.24. The maximum atomic E-state index is 12.3. The summed E-state index contributed by atoms with van der Waals surface area (Å²) in [4.78, 5) is 34.9. The number of nitrogens with one attached hydrogen (secondary N) is 1. The number of ether oxygens (including phenoxy) is 1. The van der Waals surface area contributed by atoms with Gasteiger partial charge >= 0.3 is 5.97 Å². The summed E-state index contributed by atoms with van der Waals surface area (Å²) in [6.45, 7) is 4.88. The van der Waals surface area contributed by atoms with E-state index in [0.717, 1.165) is 17.8 Å². The molecule has 1 aromatic heterocycles. The van der Waals surface area contributed by atoms with E-state index in [9.17, 15) is 19.7 Å². The van der Waals surface area contributed by atoms with E-state index in [1.165, 1.54) is 13.0 Å². The lowest BCUT2D eigenvalue weighted by atomic mass is 10.2. The number of aryl methyl sites for hydroxylation is 2. The maximum absolute atomic E-state index is 12.3. The molecule has 1 atom stereocenters. The predicted octanol–water partition coefficient (Wildman–Crippen LogP) is 2.78. The number of carbonyl (C=O) groups excluding carboxylic acids is 2. The van der Waals surface area contributed by atoms with Crippen molar-refractivity contribution in [3.05, 3.63) is 50.3 Å². The van der Waals surface area contributed by atoms with Gasteiger partial charge in [0.2, 0.25) is 0 Å². The maximum Gasteiger partial charge on any atom is 0.345 e. The second-order valence-corrected chi connectivity index (χ2v) is 6.06. The van der Waals surface area contributed by atoms with Crippen LogP contribution in [0.5, 0.6) is 0 Å². The summed E-state index contributed by atoms with van der Waals surface area (Å²) in [5.41, 5.74) is 1.10. The summed E-state index contributed by atoms with van der Waals surface area (Å²) in [5.74, 6) is -1.59. The van der Waals surface area contributed by atoms with E-state index in [-0.39, 0.29) is 10.6 Å². The molecule has 0 fully saturated rings. The van der Waals surface area contributed by atoms with Crippen LogP contribution in [-0.4, -0.2) is 32.7 Å². The lowest BCUT2D eigenvalue weighted by Crippen LogP contribution is -2.30. The van der Waals surface area contributed by atoms with Crippen molar-refractivity contribution in [3.63, 3.8) is 0 Å². The van der Waals surface area contributed by atoms with Gasteiger partial charge in [-0.25, -0.2) is 4.79 Å². The number of rotatable bonds is 5. The minimum absolute atomic E-state index is 0.140. The third-order valence-electron chi connectivity index (χ3n) is 3.79. The van der Waals surface area contributed by atoms with E-state index < -0.39 is 28.6 Å². The molecule has 138 valence electrons. The van der Waals surface area contributed by atoms with Crippen LogP contribution in [-0.2, 0) is 16.6 Å². The highest BCUT2D eigenvalue weighted by atomic mass is 35.5. The largest absolute Gasteiger partial charge is 0.449 e. The van der Waals surface area contributed by atoms with Gasteiger partial charge in [-0.3, -0.25) is 19.6 Å². The van der Waals surface area contributed by atoms with Crippen LogP contribution in [0.25, 0.3) is 0 Å². The topological polar surface area (TPSA) is 116 Å². The number of hydrogen-bond donors (Lipinski definition) is 1. The van der Waals surface area contributed by atoms with Gasteiger partial charge in [0.05, 0.1) is 22.0 Å². The molecular formula is C16H17ClN4O5. The monoisotopic (exact) mass is 380 g/mol. The number of anilines is 1. The van der Waals surface area contributed by atoms with Crippen LogP contribution >= 0.6 is 11.6 Å². The Bertz CT molecular complexity index is 893. The number of benzene rings is 1. The number of esters is 1. The number of nitro groups is 1. The quantitative estimate of drug-likeness (QED) is 0.484. The van der Waals surface area contributed by atoms with Crippen LogP contribution < -0.4 is 5.32 Å². The molecule has 1 heterocycles. The van der Waals surface area contributed by atoms with Crippen LogP contribution in [0.15, 0.2) is 18.2 Å². The van der Waals surface area contributed by atoms with Crippen LogP contribution in [0.4, 0.5) is 11.4 Å². The molecule has 0 aliphatic heterocycles. The van der Waals surface area contributed by atoms with Crippen LogP contribution in [0, 0.1) is 24.0 Å². The zero-order valence-electron chi connectivity index (χ0n) is 14.6. The Morgan fingerprint density at radius 1 is 1.38 bits per heavy atom. The average molecular weight is 381 g/mol. The van der Waals surface area contributed by atoms with E-state index in [2.05, 4.69) is 10.4 Å². The van der Waals surface area contributed by atoms with Crippen LogP contribution in [0.3, 0.4) is 0 Å². The fourth-order valence-corrected chi connectivity index (χ4v) is 2.46. The molecule has 26 heavy (non-hydrogen) atoms. The van der Waals surface area contributed by atoms with Crippen LogP contribution in [0.1, 0.15) is 28.7 Å². The Morgan fingerprint density at radius 3 is 2.58 bits per heavy atom.